The Morgan fingerprint density at radius 2 is 1.80 bits per heavy atom. The lowest BCUT2D eigenvalue weighted by atomic mass is 10.1. The van der Waals surface area contributed by atoms with Crippen LogP contribution in [0.5, 0.6) is 11.5 Å². The van der Waals surface area contributed by atoms with E-state index < -0.39 is 0 Å². The average molecular weight is 335 g/mol. The van der Waals surface area contributed by atoms with Crippen molar-refractivity contribution < 1.29 is 14.0 Å². The molecule has 6 heteroatoms. The molecule has 2 aromatic carbocycles. The van der Waals surface area contributed by atoms with Crippen molar-refractivity contribution in [2.75, 3.05) is 14.2 Å². The van der Waals surface area contributed by atoms with Crippen molar-refractivity contribution in [2.45, 2.75) is 6.42 Å². The minimum absolute atomic E-state index is 0.437. The van der Waals surface area contributed by atoms with Gasteiger partial charge in [0.15, 0.2) is 5.82 Å². The van der Waals surface area contributed by atoms with Crippen molar-refractivity contribution in [2.24, 2.45) is 0 Å². The number of hydrogen-bond donors (Lipinski definition) is 1. The average Bonchev–Trinajstić information content (AvgIpc) is 3.29. The number of hydrogen-bond acceptors (Lipinski definition) is 5. The van der Waals surface area contributed by atoms with Crippen LogP contribution < -0.4 is 9.47 Å². The molecule has 0 amide bonds. The summed E-state index contributed by atoms with van der Waals surface area (Å²) >= 11 is 0. The second kappa shape index (κ2) is 6.32. The van der Waals surface area contributed by atoms with Crippen molar-refractivity contribution >= 4 is 10.9 Å². The Hall–Kier alpha value is -3.28. The Bertz CT molecular complexity index is 997. The number of aromatic amines is 1. The van der Waals surface area contributed by atoms with Crippen molar-refractivity contribution in [3.63, 3.8) is 0 Å². The molecule has 2 heterocycles. The van der Waals surface area contributed by atoms with Gasteiger partial charge in [-0.05, 0) is 23.8 Å². The fourth-order valence-electron chi connectivity index (χ4n) is 2.82. The summed E-state index contributed by atoms with van der Waals surface area (Å²) in [6.07, 6.45) is 2.57. The fourth-order valence-corrected chi connectivity index (χ4v) is 2.82. The summed E-state index contributed by atoms with van der Waals surface area (Å²) in [5.41, 5.74) is 2.98. The van der Waals surface area contributed by atoms with Gasteiger partial charge in [0.25, 0.3) is 5.89 Å². The van der Waals surface area contributed by atoms with Crippen molar-refractivity contribution in [3.8, 4) is 23.0 Å². The van der Waals surface area contributed by atoms with Crippen LogP contribution in [0.15, 0.2) is 53.2 Å². The Morgan fingerprint density at radius 3 is 2.56 bits per heavy atom. The zero-order chi connectivity index (χ0) is 17.2. The van der Waals surface area contributed by atoms with Crippen LogP contribution in [-0.4, -0.2) is 29.3 Å². The fraction of sp³-hybridized carbons (Fsp3) is 0.158. The highest BCUT2D eigenvalue weighted by Crippen LogP contribution is 2.29. The Labute approximate surface area is 144 Å². The van der Waals surface area contributed by atoms with E-state index in [9.17, 15) is 0 Å². The Balaban J connectivity index is 1.64. The van der Waals surface area contributed by atoms with Crippen LogP contribution >= 0.6 is 0 Å². The standard InChI is InChI=1S/C19H17N3O3/c1-23-14-7-12(8-15(10-14)24-2)19-21-18(22-25-19)9-13-11-20-17-6-4-3-5-16(13)17/h3-8,10-11,20H,9H2,1-2H3. The first-order valence-electron chi connectivity index (χ1n) is 7.88. The minimum atomic E-state index is 0.437. The first-order valence-corrected chi connectivity index (χ1v) is 7.88. The van der Waals surface area contributed by atoms with Gasteiger partial charge in [0.2, 0.25) is 0 Å². The second-order valence-corrected chi connectivity index (χ2v) is 5.65. The third kappa shape index (κ3) is 2.94. The van der Waals surface area contributed by atoms with Gasteiger partial charge in [-0.1, -0.05) is 23.4 Å². The molecular formula is C19H17N3O3. The van der Waals surface area contributed by atoms with Gasteiger partial charge in [-0.3, -0.25) is 0 Å². The summed E-state index contributed by atoms with van der Waals surface area (Å²) in [5.74, 6) is 2.41. The van der Waals surface area contributed by atoms with E-state index in [0.717, 1.165) is 22.0 Å². The van der Waals surface area contributed by atoms with Gasteiger partial charge in [-0.15, -0.1) is 0 Å². The molecular weight excluding hydrogens is 318 g/mol. The number of fused-ring (bicyclic) bond motifs is 1. The molecule has 0 aliphatic rings. The number of ether oxygens (including phenoxy) is 2. The van der Waals surface area contributed by atoms with Crippen molar-refractivity contribution in [3.05, 3.63) is 60.0 Å². The van der Waals surface area contributed by atoms with Crippen LogP contribution in [0.1, 0.15) is 11.4 Å². The lowest BCUT2D eigenvalue weighted by Gasteiger charge is -2.05. The molecule has 4 aromatic rings. The van der Waals surface area contributed by atoms with Gasteiger partial charge < -0.3 is 19.0 Å². The van der Waals surface area contributed by atoms with Gasteiger partial charge in [-0.2, -0.15) is 4.98 Å². The van der Waals surface area contributed by atoms with Crippen molar-refractivity contribution in [1.82, 2.24) is 15.1 Å². The number of rotatable bonds is 5. The summed E-state index contributed by atoms with van der Waals surface area (Å²) in [6, 6.07) is 13.6. The molecule has 0 aliphatic carbocycles. The van der Waals surface area contributed by atoms with Crippen molar-refractivity contribution in [1.29, 1.82) is 0 Å². The topological polar surface area (TPSA) is 73.2 Å². The van der Waals surface area contributed by atoms with E-state index >= 15 is 0 Å². The SMILES string of the molecule is COc1cc(OC)cc(-c2nc(Cc3c[nH]c4ccccc34)no2)c1. The Morgan fingerprint density at radius 1 is 1.04 bits per heavy atom. The summed E-state index contributed by atoms with van der Waals surface area (Å²) in [4.78, 5) is 7.77. The van der Waals surface area contributed by atoms with E-state index in [0.29, 0.717) is 29.6 Å². The van der Waals surface area contributed by atoms with E-state index in [4.69, 9.17) is 14.0 Å². The molecule has 0 atom stereocenters. The van der Waals surface area contributed by atoms with Crippen LogP contribution in [-0.2, 0) is 6.42 Å². The molecule has 0 bridgehead atoms. The third-order valence-corrected chi connectivity index (χ3v) is 4.09. The van der Waals surface area contributed by atoms with Crippen LogP contribution in [0.3, 0.4) is 0 Å². The number of H-pyrrole nitrogens is 1. The van der Waals surface area contributed by atoms with Crippen LogP contribution in [0.25, 0.3) is 22.4 Å². The monoisotopic (exact) mass is 335 g/mol. The molecule has 0 spiro atoms. The smallest absolute Gasteiger partial charge is 0.258 e. The maximum atomic E-state index is 5.43. The Kier molecular flexibility index (Phi) is 3.85. The molecule has 0 saturated heterocycles. The molecule has 6 nitrogen and oxygen atoms in total. The zero-order valence-corrected chi connectivity index (χ0v) is 13.9. The van der Waals surface area contributed by atoms with Gasteiger partial charge >= 0.3 is 0 Å². The van der Waals surface area contributed by atoms with Gasteiger partial charge in [0, 0.05) is 35.2 Å². The predicted octanol–water partition coefficient (Wildman–Crippen LogP) is 3.83. The normalized spacial score (nSPS) is 11.0. The first-order chi connectivity index (χ1) is 12.3. The molecule has 25 heavy (non-hydrogen) atoms. The minimum Gasteiger partial charge on any atom is -0.497 e. The highest BCUT2D eigenvalue weighted by molar-refractivity contribution is 5.83. The molecule has 4 rings (SSSR count). The lowest BCUT2D eigenvalue weighted by Crippen LogP contribution is -1.91. The maximum absolute atomic E-state index is 5.43. The van der Waals surface area contributed by atoms with Gasteiger partial charge in [-0.25, -0.2) is 0 Å². The van der Waals surface area contributed by atoms with Gasteiger partial charge in [0.1, 0.15) is 11.5 Å². The van der Waals surface area contributed by atoms with Crippen LogP contribution in [0, 0.1) is 0 Å². The maximum Gasteiger partial charge on any atom is 0.258 e. The first kappa shape index (κ1) is 15.3. The molecule has 126 valence electrons. The highest BCUT2D eigenvalue weighted by atomic mass is 16.5. The summed E-state index contributed by atoms with van der Waals surface area (Å²) in [6.45, 7) is 0. The van der Waals surface area contributed by atoms with Crippen LogP contribution in [0.2, 0.25) is 0 Å². The summed E-state index contributed by atoms with van der Waals surface area (Å²) in [5, 5.41) is 5.27. The summed E-state index contributed by atoms with van der Waals surface area (Å²) < 4.78 is 16.0. The van der Waals surface area contributed by atoms with E-state index in [2.05, 4.69) is 21.2 Å². The number of benzene rings is 2. The largest absolute Gasteiger partial charge is 0.497 e. The summed E-state index contributed by atoms with van der Waals surface area (Å²) in [7, 11) is 3.21. The van der Waals surface area contributed by atoms with E-state index in [-0.39, 0.29) is 0 Å². The second-order valence-electron chi connectivity index (χ2n) is 5.65. The molecule has 1 N–H and O–H groups in total. The van der Waals surface area contributed by atoms with E-state index in [1.165, 1.54) is 0 Å². The van der Waals surface area contributed by atoms with E-state index in [1.807, 2.05) is 36.5 Å². The molecule has 0 radical (unpaired) electrons. The number of methoxy groups -OCH3 is 2. The predicted molar refractivity (Wildman–Crippen MR) is 93.9 cm³/mol. The van der Waals surface area contributed by atoms with Gasteiger partial charge in [0.05, 0.1) is 14.2 Å². The quantitative estimate of drug-likeness (QED) is 0.600. The molecule has 0 aliphatic heterocycles. The number of nitrogens with zero attached hydrogens (tertiary/aromatic N) is 2. The molecule has 2 aromatic heterocycles. The van der Waals surface area contributed by atoms with E-state index in [1.54, 1.807) is 20.3 Å². The number of nitrogens with one attached hydrogen (secondary N) is 1. The molecule has 0 unspecified atom stereocenters. The van der Waals surface area contributed by atoms with Crippen LogP contribution in [0.4, 0.5) is 0 Å². The highest BCUT2D eigenvalue weighted by Gasteiger charge is 2.13. The lowest BCUT2D eigenvalue weighted by molar-refractivity contribution is 0.393. The zero-order valence-electron chi connectivity index (χ0n) is 13.9. The number of para-hydroxylation sites is 1. The number of aromatic nitrogens is 3. The third-order valence-electron chi connectivity index (χ3n) is 4.09. The molecule has 0 fully saturated rings. The molecule has 0 saturated carbocycles.